The van der Waals surface area contributed by atoms with Gasteiger partial charge in [-0.25, -0.2) is 4.98 Å². The molecule has 0 aliphatic rings. The molecule has 1 atom stereocenters. The molecule has 0 saturated heterocycles. The van der Waals surface area contributed by atoms with Gasteiger partial charge in [-0.2, -0.15) is 0 Å². The second-order valence-electron chi connectivity index (χ2n) is 7.09. The van der Waals surface area contributed by atoms with Crippen LogP contribution in [0.25, 0.3) is 0 Å². The Hall–Kier alpha value is -3.58. The Labute approximate surface area is 182 Å². The molecule has 7 nitrogen and oxygen atoms in total. The van der Waals surface area contributed by atoms with E-state index in [1.54, 1.807) is 43.6 Å². The van der Waals surface area contributed by atoms with Gasteiger partial charge in [0.05, 0.1) is 13.2 Å². The number of carbonyl (C=O) groups is 1. The predicted molar refractivity (Wildman–Crippen MR) is 119 cm³/mol. The molecule has 0 bridgehead atoms. The van der Waals surface area contributed by atoms with E-state index in [-0.39, 0.29) is 18.6 Å². The molecule has 1 amide bonds. The molecular formula is C24H27N3O4. The molecule has 0 aliphatic carbocycles. The average molecular weight is 421 g/mol. The maximum Gasteiger partial charge on any atom is 0.258 e. The van der Waals surface area contributed by atoms with E-state index in [9.17, 15) is 4.79 Å². The molecule has 0 saturated carbocycles. The summed E-state index contributed by atoms with van der Waals surface area (Å²) in [6.45, 7) is 0.404. The summed E-state index contributed by atoms with van der Waals surface area (Å²) < 4.78 is 16.4. The molecule has 0 aliphatic heterocycles. The molecule has 0 fully saturated rings. The van der Waals surface area contributed by atoms with E-state index >= 15 is 0 Å². The van der Waals surface area contributed by atoms with Crippen LogP contribution in [0.3, 0.4) is 0 Å². The first-order valence-electron chi connectivity index (χ1n) is 9.94. The van der Waals surface area contributed by atoms with Gasteiger partial charge >= 0.3 is 0 Å². The fourth-order valence-electron chi connectivity index (χ4n) is 2.97. The van der Waals surface area contributed by atoms with E-state index in [0.717, 1.165) is 11.3 Å². The molecule has 0 radical (unpaired) electrons. The van der Waals surface area contributed by atoms with Crippen molar-refractivity contribution in [2.45, 2.75) is 6.04 Å². The highest BCUT2D eigenvalue weighted by atomic mass is 16.5. The number of amides is 1. The van der Waals surface area contributed by atoms with Crippen LogP contribution in [0.15, 0.2) is 72.9 Å². The number of ether oxygens (including phenoxy) is 3. The average Bonchev–Trinajstić information content (AvgIpc) is 2.79. The number of aromatic nitrogens is 1. The number of hydrogen-bond donors (Lipinski definition) is 1. The molecule has 1 aromatic heterocycles. The van der Waals surface area contributed by atoms with Crippen molar-refractivity contribution in [3.63, 3.8) is 0 Å². The number of carbonyl (C=O) groups excluding carboxylic acids is 1. The molecule has 2 aromatic carbocycles. The number of benzene rings is 2. The van der Waals surface area contributed by atoms with Crippen molar-refractivity contribution in [2.24, 2.45) is 0 Å². The molecule has 0 spiro atoms. The van der Waals surface area contributed by atoms with E-state index in [4.69, 9.17) is 14.2 Å². The van der Waals surface area contributed by atoms with Crippen LogP contribution in [0.5, 0.6) is 23.1 Å². The van der Waals surface area contributed by atoms with Crippen LogP contribution in [0.1, 0.15) is 11.6 Å². The summed E-state index contributed by atoms with van der Waals surface area (Å²) in [4.78, 5) is 18.5. The fraction of sp³-hybridized carbons (Fsp3) is 0.250. The van der Waals surface area contributed by atoms with Gasteiger partial charge in [0.1, 0.15) is 17.2 Å². The van der Waals surface area contributed by atoms with Crippen molar-refractivity contribution >= 4 is 5.91 Å². The van der Waals surface area contributed by atoms with E-state index in [1.165, 1.54) is 0 Å². The van der Waals surface area contributed by atoms with Gasteiger partial charge in [-0.05, 0) is 62.1 Å². The SMILES string of the molecule is COc1ccc(C(CNC(=O)COc2ccc(Oc3ccccn3)cc2)N(C)C)cc1. The molecule has 1 heterocycles. The third-order valence-corrected chi connectivity index (χ3v) is 4.67. The first-order valence-corrected chi connectivity index (χ1v) is 9.94. The zero-order chi connectivity index (χ0) is 22.1. The Morgan fingerprint density at radius 2 is 1.65 bits per heavy atom. The largest absolute Gasteiger partial charge is 0.497 e. The van der Waals surface area contributed by atoms with Gasteiger partial charge in [-0.15, -0.1) is 0 Å². The number of hydrogen-bond acceptors (Lipinski definition) is 6. The van der Waals surface area contributed by atoms with Crippen molar-refractivity contribution < 1.29 is 19.0 Å². The predicted octanol–water partition coefficient (Wildman–Crippen LogP) is 3.68. The number of pyridine rings is 1. The zero-order valence-electron chi connectivity index (χ0n) is 17.9. The Kier molecular flexibility index (Phi) is 7.84. The smallest absolute Gasteiger partial charge is 0.258 e. The molecular weight excluding hydrogens is 394 g/mol. The van der Waals surface area contributed by atoms with Crippen molar-refractivity contribution in [3.05, 3.63) is 78.5 Å². The second kappa shape index (κ2) is 11.0. The number of nitrogens with zero attached hydrogens (tertiary/aromatic N) is 2. The number of nitrogens with one attached hydrogen (secondary N) is 1. The van der Waals surface area contributed by atoms with Gasteiger partial charge in [0.2, 0.25) is 5.88 Å². The van der Waals surface area contributed by atoms with Crippen LogP contribution in [0.4, 0.5) is 0 Å². The van der Waals surface area contributed by atoms with E-state index in [0.29, 0.717) is 23.9 Å². The summed E-state index contributed by atoms with van der Waals surface area (Å²) in [7, 11) is 5.60. The number of methoxy groups -OCH3 is 1. The highest BCUT2D eigenvalue weighted by molar-refractivity contribution is 5.77. The van der Waals surface area contributed by atoms with Crippen LogP contribution < -0.4 is 19.5 Å². The Balaban J connectivity index is 1.47. The van der Waals surface area contributed by atoms with E-state index < -0.39 is 0 Å². The van der Waals surface area contributed by atoms with Gasteiger partial charge in [0, 0.05) is 18.8 Å². The Bertz CT molecular complexity index is 945. The van der Waals surface area contributed by atoms with Gasteiger partial charge in [0.25, 0.3) is 5.91 Å². The Morgan fingerprint density at radius 3 is 2.26 bits per heavy atom. The summed E-state index contributed by atoms with van der Waals surface area (Å²) in [5, 5.41) is 2.94. The van der Waals surface area contributed by atoms with Crippen molar-refractivity contribution in [1.29, 1.82) is 0 Å². The maximum atomic E-state index is 12.3. The van der Waals surface area contributed by atoms with Gasteiger partial charge in [0.15, 0.2) is 6.61 Å². The minimum Gasteiger partial charge on any atom is -0.497 e. The third kappa shape index (κ3) is 6.72. The molecule has 1 unspecified atom stereocenters. The maximum absolute atomic E-state index is 12.3. The summed E-state index contributed by atoms with van der Waals surface area (Å²) in [6.07, 6.45) is 1.67. The monoisotopic (exact) mass is 421 g/mol. The first-order chi connectivity index (χ1) is 15.0. The van der Waals surface area contributed by atoms with Crippen LogP contribution in [0.2, 0.25) is 0 Å². The van der Waals surface area contributed by atoms with Crippen molar-refractivity contribution in [3.8, 4) is 23.1 Å². The third-order valence-electron chi connectivity index (χ3n) is 4.67. The number of rotatable bonds is 10. The van der Waals surface area contributed by atoms with Crippen LogP contribution in [-0.4, -0.2) is 50.1 Å². The normalized spacial score (nSPS) is 11.6. The summed E-state index contributed by atoms with van der Waals surface area (Å²) in [5.41, 5.74) is 1.09. The quantitative estimate of drug-likeness (QED) is 0.538. The van der Waals surface area contributed by atoms with Crippen molar-refractivity contribution in [1.82, 2.24) is 15.2 Å². The van der Waals surface area contributed by atoms with Gasteiger partial charge in [-0.3, -0.25) is 4.79 Å². The highest BCUT2D eigenvalue weighted by Gasteiger charge is 2.15. The molecule has 162 valence electrons. The molecule has 1 N–H and O–H groups in total. The topological polar surface area (TPSA) is 72.9 Å². The molecule has 7 heteroatoms. The molecule has 3 aromatic rings. The lowest BCUT2D eigenvalue weighted by molar-refractivity contribution is -0.123. The van der Waals surface area contributed by atoms with E-state index in [2.05, 4.69) is 15.2 Å². The molecule has 3 rings (SSSR count). The minimum atomic E-state index is -0.186. The highest BCUT2D eigenvalue weighted by Crippen LogP contribution is 2.22. The minimum absolute atomic E-state index is 0.0397. The lowest BCUT2D eigenvalue weighted by Gasteiger charge is -2.25. The summed E-state index contributed by atoms with van der Waals surface area (Å²) in [5.74, 6) is 2.36. The first kappa shape index (κ1) is 22.1. The van der Waals surface area contributed by atoms with Crippen LogP contribution in [-0.2, 0) is 4.79 Å². The summed E-state index contributed by atoms with van der Waals surface area (Å²) in [6, 6.07) is 20.4. The van der Waals surface area contributed by atoms with Crippen LogP contribution in [0, 0.1) is 0 Å². The van der Waals surface area contributed by atoms with Crippen LogP contribution >= 0.6 is 0 Å². The van der Waals surface area contributed by atoms with Gasteiger partial charge in [-0.1, -0.05) is 18.2 Å². The standard InChI is InChI=1S/C24H27N3O4/c1-27(2)22(18-7-9-19(29-3)10-8-18)16-26-23(28)17-30-20-11-13-21(14-12-20)31-24-6-4-5-15-25-24/h4-15,22H,16-17H2,1-3H3,(H,26,28). The zero-order valence-corrected chi connectivity index (χ0v) is 17.9. The number of likely N-dealkylation sites (N-methyl/N-ethyl adjacent to an activating group) is 1. The fourth-order valence-corrected chi connectivity index (χ4v) is 2.97. The summed E-state index contributed by atoms with van der Waals surface area (Å²) >= 11 is 0. The molecule has 31 heavy (non-hydrogen) atoms. The van der Waals surface area contributed by atoms with E-state index in [1.807, 2.05) is 50.5 Å². The lowest BCUT2D eigenvalue weighted by atomic mass is 10.1. The Morgan fingerprint density at radius 1 is 0.968 bits per heavy atom. The van der Waals surface area contributed by atoms with Crippen molar-refractivity contribution in [2.75, 3.05) is 34.4 Å². The lowest BCUT2D eigenvalue weighted by Crippen LogP contribution is -2.36. The van der Waals surface area contributed by atoms with Gasteiger partial charge < -0.3 is 24.4 Å². The second-order valence-corrected chi connectivity index (χ2v) is 7.09.